The number of aryl methyl sites for hydroxylation is 2. The average Bonchev–Trinajstić information content (AvgIpc) is 2.61. The van der Waals surface area contributed by atoms with Gasteiger partial charge < -0.3 is 4.98 Å². The molecule has 25 heavy (non-hydrogen) atoms. The van der Waals surface area contributed by atoms with Crippen molar-refractivity contribution in [1.82, 2.24) is 15.4 Å². The molecule has 1 amide bonds. The van der Waals surface area contributed by atoms with Crippen LogP contribution in [0.25, 0.3) is 11.0 Å². The molecule has 0 fully saturated rings. The molecule has 1 aromatic heterocycles. The highest BCUT2D eigenvalue weighted by molar-refractivity contribution is 5.83. The summed E-state index contributed by atoms with van der Waals surface area (Å²) in [4.78, 5) is 31.0. The van der Waals surface area contributed by atoms with Gasteiger partial charge in [-0.1, -0.05) is 36.4 Å². The molecule has 3 aromatic rings. The number of aromatic nitrogens is 2. The van der Waals surface area contributed by atoms with E-state index in [9.17, 15) is 9.59 Å². The number of hydrogen-bond donors (Lipinski definition) is 2. The molecule has 0 radical (unpaired) electrons. The molecule has 0 saturated heterocycles. The quantitative estimate of drug-likeness (QED) is 0.554. The number of carbonyl (C=O) groups is 1. The number of nitrogens with zero attached hydrogens (tertiary/aromatic N) is 2. The van der Waals surface area contributed by atoms with Gasteiger partial charge in [-0.3, -0.25) is 9.59 Å². The second kappa shape index (κ2) is 7.53. The number of para-hydroxylation sites is 2. The topological polar surface area (TPSA) is 87.2 Å². The number of rotatable bonds is 5. The van der Waals surface area contributed by atoms with Gasteiger partial charge in [0.2, 0.25) is 5.91 Å². The SMILES string of the molecule is Cc1ccccc1/C=N/NC(=O)CCc1nc2ccccc2[nH]c1=O. The van der Waals surface area contributed by atoms with Crippen molar-refractivity contribution in [2.24, 2.45) is 5.10 Å². The maximum atomic E-state index is 12.0. The Hall–Kier alpha value is -3.28. The van der Waals surface area contributed by atoms with E-state index in [0.717, 1.165) is 11.1 Å². The number of benzene rings is 2. The summed E-state index contributed by atoms with van der Waals surface area (Å²) in [5, 5.41) is 3.96. The van der Waals surface area contributed by atoms with Gasteiger partial charge in [0.05, 0.1) is 17.2 Å². The van der Waals surface area contributed by atoms with Crippen molar-refractivity contribution in [3.8, 4) is 0 Å². The monoisotopic (exact) mass is 334 g/mol. The van der Waals surface area contributed by atoms with Gasteiger partial charge in [-0.15, -0.1) is 0 Å². The summed E-state index contributed by atoms with van der Waals surface area (Å²) in [5.74, 6) is -0.265. The number of hydrazone groups is 1. The summed E-state index contributed by atoms with van der Waals surface area (Å²) in [6, 6.07) is 15.0. The van der Waals surface area contributed by atoms with Gasteiger partial charge in [0.1, 0.15) is 5.69 Å². The average molecular weight is 334 g/mol. The summed E-state index contributed by atoms with van der Waals surface area (Å²) in [5.41, 5.74) is 5.96. The number of nitrogens with one attached hydrogen (secondary N) is 2. The first-order valence-electron chi connectivity index (χ1n) is 7.99. The Balaban J connectivity index is 1.60. The molecule has 2 N–H and O–H groups in total. The first kappa shape index (κ1) is 16.6. The summed E-state index contributed by atoms with van der Waals surface area (Å²) >= 11 is 0. The van der Waals surface area contributed by atoms with E-state index in [0.29, 0.717) is 16.7 Å². The summed E-state index contributed by atoms with van der Waals surface area (Å²) in [6.45, 7) is 1.97. The van der Waals surface area contributed by atoms with Crippen LogP contribution < -0.4 is 11.0 Å². The second-order valence-electron chi connectivity index (χ2n) is 5.68. The Morgan fingerprint density at radius 1 is 1.20 bits per heavy atom. The minimum atomic E-state index is -0.269. The van der Waals surface area contributed by atoms with Crippen LogP contribution in [-0.4, -0.2) is 22.1 Å². The highest BCUT2D eigenvalue weighted by atomic mass is 16.2. The van der Waals surface area contributed by atoms with Crippen LogP contribution in [0.15, 0.2) is 58.4 Å². The minimum Gasteiger partial charge on any atom is -0.319 e. The second-order valence-corrected chi connectivity index (χ2v) is 5.68. The van der Waals surface area contributed by atoms with Gasteiger partial charge >= 0.3 is 0 Å². The molecule has 0 bridgehead atoms. The number of H-pyrrole nitrogens is 1. The first-order chi connectivity index (χ1) is 12.1. The highest BCUT2D eigenvalue weighted by Crippen LogP contribution is 2.07. The maximum absolute atomic E-state index is 12.0. The molecule has 126 valence electrons. The van der Waals surface area contributed by atoms with E-state index in [1.165, 1.54) is 0 Å². The van der Waals surface area contributed by atoms with E-state index < -0.39 is 0 Å². The molecular formula is C19H18N4O2. The largest absolute Gasteiger partial charge is 0.319 e. The van der Waals surface area contributed by atoms with E-state index in [-0.39, 0.29) is 24.3 Å². The number of aromatic amines is 1. The zero-order valence-electron chi connectivity index (χ0n) is 13.8. The number of amides is 1. The smallest absolute Gasteiger partial charge is 0.270 e. The van der Waals surface area contributed by atoms with Crippen molar-refractivity contribution in [1.29, 1.82) is 0 Å². The fourth-order valence-electron chi connectivity index (χ4n) is 2.43. The molecule has 0 atom stereocenters. The predicted molar refractivity (Wildman–Crippen MR) is 97.6 cm³/mol. The molecule has 0 saturated carbocycles. The van der Waals surface area contributed by atoms with Crippen molar-refractivity contribution in [2.45, 2.75) is 19.8 Å². The third-order valence-corrected chi connectivity index (χ3v) is 3.84. The van der Waals surface area contributed by atoms with E-state index in [2.05, 4.69) is 20.5 Å². The molecule has 0 aliphatic rings. The standard InChI is InChI=1S/C19H18N4O2/c1-13-6-2-3-7-14(13)12-20-23-18(24)11-10-17-19(25)22-16-9-5-4-8-15(16)21-17/h2-9,12H,10-11H2,1H3,(H,22,25)(H,23,24)/b20-12+. The summed E-state index contributed by atoms with van der Waals surface area (Å²) in [6.07, 6.45) is 2.00. The summed E-state index contributed by atoms with van der Waals surface area (Å²) in [7, 11) is 0. The first-order valence-corrected chi connectivity index (χ1v) is 7.99. The van der Waals surface area contributed by atoms with Gasteiger partial charge in [-0.25, -0.2) is 10.4 Å². The van der Waals surface area contributed by atoms with Crippen molar-refractivity contribution in [3.05, 3.63) is 75.7 Å². The molecule has 6 nitrogen and oxygen atoms in total. The lowest BCUT2D eigenvalue weighted by Gasteiger charge is -2.02. The van der Waals surface area contributed by atoms with Crippen molar-refractivity contribution >= 4 is 23.2 Å². The van der Waals surface area contributed by atoms with Gasteiger partial charge in [-0.2, -0.15) is 5.10 Å². The number of hydrogen-bond acceptors (Lipinski definition) is 4. The molecule has 1 heterocycles. The number of carbonyl (C=O) groups excluding carboxylic acids is 1. The fraction of sp³-hybridized carbons (Fsp3) is 0.158. The van der Waals surface area contributed by atoms with E-state index in [1.807, 2.05) is 49.4 Å². The summed E-state index contributed by atoms with van der Waals surface area (Å²) < 4.78 is 0. The van der Waals surface area contributed by atoms with E-state index in [1.54, 1.807) is 12.3 Å². The van der Waals surface area contributed by atoms with Crippen LogP contribution in [0.3, 0.4) is 0 Å². The van der Waals surface area contributed by atoms with Crippen LogP contribution in [0, 0.1) is 6.92 Å². The lowest BCUT2D eigenvalue weighted by atomic mass is 10.1. The Morgan fingerprint density at radius 2 is 1.96 bits per heavy atom. The van der Waals surface area contributed by atoms with Crippen LogP contribution in [-0.2, 0) is 11.2 Å². The normalized spacial score (nSPS) is 11.1. The molecule has 2 aromatic carbocycles. The highest BCUT2D eigenvalue weighted by Gasteiger charge is 2.07. The van der Waals surface area contributed by atoms with Crippen LogP contribution in [0.1, 0.15) is 23.2 Å². The third-order valence-electron chi connectivity index (χ3n) is 3.84. The van der Waals surface area contributed by atoms with Gasteiger partial charge in [0, 0.05) is 12.8 Å². The molecule has 0 spiro atoms. The Kier molecular flexibility index (Phi) is 4.99. The predicted octanol–water partition coefficient (Wildman–Crippen LogP) is 2.31. The van der Waals surface area contributed by atoms with Crippen molar-refractivity contribution in [2.75, 3.05) is 0 Å². The number of fused-ring (bicyclic) bond motifs is 1. The Bertz CT molecular complexity index is 992. The Labute approximate surface area is 144 Å². The minimum absolute atomic E-state index is 0.138. The van der Waals surface area contributed by atoms with E-state index in [4.69, 9.17) is 0 Å². The van der Waals surface area contributed by atoms with E-state index >= 15 is 0 Å². The van der Waals surface area contributed by atoms with Gasteiger partial charge in [-0.05, 0) is 30.2 Å². The Morgan fingerprint density at radius 3 is 2.80 bits per heavy atom. The maximum Gasteiger partial charge on any atom is 0.270 e. The van der Waals surface area contributed by atoms with Gasteiger partial charge in [0.25, 0.3) is 5.56 Å². The van der Waals surface area contributed by atoms with Crippen LogP contribution in [0.5, 0.6) is 0 Å². The molecule has 0 aliphatic heterocycles. The zero-order chi connectivity index (χ0) is 17.6. The zero-order valence-corrected chi connectivity index (χ0v) is 13.8. The van der Waals surface area contributed by atoms with Crippen LogP contribution in [0.2, 0.25) is 0 Å². The third kappa shape index (κ3) is 4.17. The lowest BCUT2D eigenvalue weighted by molar-refractivity contribution is -0.121. The molecule has 0 aliphatic carbocycles. The molecule has 6 heteroatoms. The molecular weight excluding hydrogens is 316 g/mol. The van der Waals surface area contributed by atoms with Crippen LogP contribution >= 0.6 is 0 Å². The lowest BCUT2D eigenvalue weighted by Crippen LogP contribution is -2.21. The molecule has 0 unspecified atom stereocenters. The molecule has 3 rings (SSSR count). The van der Waals surface area contributed by atoms with Crippen LogP contribution in [0.4, 0.5) is 0 Å². The fourth-order valence-corrected chi connectivity index (χ4v) is 2.43. The van der Waals surface area contributed by atoms with Crippen molar-refractivity contribution in [3.63, 3.8) is 0 Å². The van der Waals surface area contributed by atoms with Crippen molar-refractivity contribution < 1.29 is 4.79 Å². The van der Waals surface area contributed by atoms with Gasteiger partial charge in [0.15, 0.2) is 0 Å².